The summed E-state index contributed by atoms with van der Waals surface area (Å²) in [7, 11) is 0. The van der Waals surface area contributed by atoms with Crippen LogP contribution in [-0.2, 0) is 11.2 Å². The van der Waals surface area contributed by atoms with E-state index in [9.17, 15) is 13.6 Å². The molecule has 2 unspecified atom stereocenters. The van der Waals surface area contributed by atoms with Gasteiger partial charge >= 0.3 is 0 Å². The second-order valence-electron chi connectivity index (χ2n) is 5.64. The Balaban J connectivity index is 1.70. The maximum absolute atomic E-state index is 13.2. The van der Waals surface area contributed by atoms with Crippen molar-refractivity contribution in [3.8, 4) is 0 Å². The molecule has 0 bridgehead atoms. The zero-order valence-corrected chi connectivity index (χ0v) is 11.2. The Bertz CT molecular complexity index is 521. The van der Waals surface area contributed by atoms with Gasteiger partial charge < -0.3 is 10.2 Å². The summed E-state index contributed by atoms with van der Waals surface area (Å²) in [5.74, 6) is -1.22. The molecule has 1 aromatic carbocycles. The van der Waals surface area contributed by atoms with Gasteiger partial charge in [-0.3, -0.25) is 4.79 Å². The van der Waals surface area contributed by atoms with E-state index < -0.39 is 11.6 Å². The fraction of sp³-hybridized carbons (Fsp3) is 0.533. The van der Waals surface area contributed by atoms with Gasteiger partial charge in [0.15, 0.2) is 11.6 Å². The average Bonchev–Trinajstić information content (AvgIpc) is 2.91. The van der Waals surface area contributed by atoms with E-state index in [1.807, 2.05) is 4.90 Å². The molecule has 2 aliphatic heterocycles. The maximum atomic E-state index is 13.2. The minimum Gasteiger partial charge on any atom is -0.338 e. The summed E-state index contributed by atoms with van der Waals surface area (Å²) in [6, 6.07) is 3.93. The van der Waals surface area contributed by atoms with Gasteiger partial charge in [-0.15, -0.1) is 0 Å². The Morgan fingerprint density at radius 3 is 2.95 bits per heavy atom. The van der Waals surface area contributed by atoms with Crippen LogP contribution in [0.25, 0.3) is 0 Å². The number of rotatable bonds is 2. The molecule has 5 heteroatoms. The van der Waals surface area contributed by atoms with Crippen molar-refractivity contribution < 1.29 is 13.6 Å². The predicted octanol–water partition coefficient (Wildman–Crippen LogP) is 1.72. The molecule has 2 fully saturated rings. The first-order valence-corrected chi connectivity index (χ1v) is 7.09. The predicted molar refractivity (Wildman–Crippen MR) is 71.2 cm³/mol. The lowest BCUT2D eigenvalue weighted by Crippen LogP contribution is -2.48. The van der Waals surface area contributed by atoms with E-state index in [1.54, 1.807) is 0 Å². The summed E-state index contributed by atoms with van der Waals surface area (Å²) in [5, 5.41) is 3.33. The third-order valence-corrected chi connectivity index (χ3v) is 4.34. The second-order valence-corrected chi connectivity index (χ2v) is 5.64. The third-order valence-electron chi connectivity index (χ3n) is 4.34. The van der Waals surface area contributed by atoms with Gasteiger partial charge in [-0.25, -0.2) is 8.78 Å². The molecule has 0 radical (unpaired) electrons. The topological polar surface area (TPSA) is 32.3 Å². The van der Waals surface area contributed by atoms with Crippen molar-refractivity contribution in [3.05, 3.63) is 35.4 Å². The van der Waals surface area contributed by atoms with E-state index in [4.69, 9.17) is 0 Å². The minimum atomic E-state index is -0.894. The number of hydrogen-bond donors (Lipinski definition) is 1. The van der Waals surface area contributed by atoms with E-state index in [0.717, 1.165) is 44.6 Å². The van der Waals surface area contributed by atoms with Crippen molar-refractivity contribution in [2.75, 3.05) is 19.6 Å². The van der Waals surface area contributed by atoms with Crippen LogP contribution >= 0.6 is 0 Å². The Morgan fingerprint density at radius 1 is 1.30 bits per heavy atom. The number of nitrogens with one attached hydrogen (secondary N) is 1. The van der Waals surface area contributed by atoms with Crippen LogP contribution < -0.4 is 5.32 Å². The molecule has 3 nitrogen and oxygen atoms in total. The SMILES string of the molecule is O=C(Cc1ccc(F)c(F)c1)N1CCCC2CNCC21. The highest BCUT2D eigenvalue weighted by Crippen LogP contribution is 2.27. The molecule has 3 rings (SSSR count). The summed E-state index contributed by atoms with van der Waals surface area (Å²) in [4.78, 5) is 14.3. The normalized spacial score (nSPS) is 25.6. The Hall–Kier alpha value is -1.49. The number of likely N-dealkylation sites (tertiary alicyclic amines) is 1. The van der Waals surface area contributed by atoms with Crippen molar-refractivity contribution in [3.63, 3.8) is 0 Å². The second kappa shape index (κ2) is 5.48. The van der Waals surface area contributed by atoms with Crippen molar-refractivity contribution >= 4 is 5.91 Å². The van der Waals surface area contributed by atoms with Crippen LogP contribution in [0.1, 0.15) is 18.4 Å². The van der Waals surface area contributed by atoms with E-state index >= 15 is 0 Å². The lowest BCUT2D eigenvalue weighted by Gasteiger charge is -2.37. The molecule has 108 valence electrons. The van der Waals surface area contributed by atoms with Crippen molar-refractivity contribution in [2.24, 2.45) is 5.92 Å². The van der Waals surface area contributed by atoms with E-state index in [2.05, 4.69) is 5.32 Å². The molecular weight excluding hydrogens is 262 g/mol. The smallest absolute Gasteiger partial charge is 0.227 e. The van der Waals surface area contributed by atoms with Crippen LogP contribution in [0.3, 0.4) is 0 Å². The molecule has 0 aromatic heterocycles. The van der Waals surface area contributed by atoms with Crippen molar-refractivity contribution in [2.45, 2.75) is 25.3 Å². The highest BCUT2D eigenvalue weighted by molar-refractivity contribution is 5.79. The summed E-state index contributed by atoms with van der Waals surface area (Å²) < 4.78 is 26.1. The van der Waals surface area contributed by atoms with Gasteiger partial charge in [-0.1, -0.05) is 6.07 Å². The Morgan fingerprint density at radius 2 is 2.15 bits per heavy atom. The third kappa shape index (κ3) is 2.54. The van der Waals surface area contributed by atoms with Crippen LogP contribution in [0.15, 0.2) is 18.2 Å². The molecule has 2 atom stereocenters. The zero-order valence-electron chi connectivity index (χ0n) is 11.2. The van der Waals surface area contributed by atoms with E-state index in [1.165, 1.54) is 6.07 Å². The summed E-state index contributed by atoms with van der Waals surface area (Å²) in [6.07, 6.45) is 2.32. The fourth-order valence-electron chi connectivity index (χ4n) is 3.30. The molecule has 0 spiro atoms. The molecular formula is C15H18F2N2O. The zero-order chi connectivity index (χ0) is 14.1. The molecule has 1 amide bonds. The lowest BCUT2D eigenvalue weighted by atomic mass is 9.91. The van der Waals surface area contributed by atoms with Gasteiger partial charge in [0.05, 0.1) is 6.42 Å². The minimum absolute atomic E-state index is 0.00871. The number of piperidine rings is 1. The highest BCUT2D eigenvalue weighted by Gasteiger charge is 2.37. The standard InChI is InChI=1S/C15H18F2N2O/c16-12-4-3-10(6-13(12)17)7-15(20)19-5-1-2-11-8-18-9-14(11)19/h3-4,6,11,14,18H,1-2,5,7-9H2. The summed E-state index contributed by atoms with van der Waals surface area (Å²) in [5.41, 5.74) is 0.530. The van der Waals surface area contributed by atoms with Gasteiger partial charge in [0, 0.05) is 25.7 Å². The molecule has 2 heterocycles. The number of carbonyl (C=O) groups excluding carboxylic acids is 1. The number of benzene rings is 1. The maximum Gasteiger partial charge on any atom is 0.227 e. The molecule has 0 saturated carbocycles. The molecule has 0 aliphatic carbocycles. The molecule has 20 heavy (non-hydrogen) atoms. The van der Waals surface area contributed by atoms with Crippen LogP contribution in [0.4, 0.5) is 8.78 Å². The van der Waals surface area contributed by atoms with Gasteiger partial charge in [-0.05, 0) is 36.5 Å². The molecule has 1 aromatic rings. The van der Waals surface area contributed by atoms with Crippen LogP contribution in [-0.4, -0.2) is 36.5 Å². The summed E-state index contributed by atoms with van der Waals surface area (Å²) in [6.45, 7) is 2.58. The van der Waals surface area contributed by atoms with Crippen LogP contribution in [0.2, 0.25) is 0 Å². The number of nitrogens with zero attached hydrogens (tertiary/aromatic N) is 1. The monoisotopic (exact) mass is 280 g/mol. The number of carbonyl (C=O) groups is 1. The van der Waals surface area contributed by atoms with Gasteiger partial charge in [0.25, 0.3) is 0 Å². The van der Waals surface area contributed by atoms with Crippen molar-refractivity contribution in [1.82, 2.24) is 10.2 Å². The van der Waals surface area contributed by atoms with Crippen molar-refractivity contribution in [1.29, 1.82) is 0 Å². The van der Waals surface area contributed by atoms with Crippen LogP contribution in [0.5, 0.6) is 0 Å². The first-order chi connectivity index (χ1) is 9.65. The number of halogens is 2. The lowest BCUT2D eigenvalue weighted by molar-refractivity contribution is -0.134. The number of hydrogen-bond acceptors (Lipinski definition) is 2. The Kier molecular flexibility index (Phi) is 3.70. The molecule has 2 saturated heterocycles. The quantitative estimate of drug-likeness (QED) is 0.894. The number of amides is 1. The molecule has 2 aliphatic rings. The summed E-state index contributed by atoms with van der Waals surface area (Å²) >= 11 is 0. The van der Waals surface area contributed by atoms with E-state index in [0.29, 0.717) is 11.5 Å². The van der Waals surface area contributed by atoms with Gasteiger partial charge in [0.1, 0.15) is 0 Å². The Labute approximate surface area is 117 Å². The van der Waals surface area contributed by atoms with Gasteiger partial charge in [0.2, 0.25) is 5.91 Å². The van der Waals surface area contributed by atoms with E-state index in [-0.39, 0.29) is 18.4 Å². The highest BCUT2D eigenvalue weighted by atomic mass is 19.2. The van der Waals surface area contributed by atoms with Crippen LogP contribution in [0, 0.1) is 17.6 Å². The number of fused-ring (bicyclic) bond motifs is 1. The average molecular weight is 280 g/mol. The first-order valence-electron chi connectivity index (χ1n) is 7.09. The first kappa shape index (κ1) is 13.5. The molecule has 1 N–H and O–H groups in total. The van der Waals surface area contributed by atoms with Gasteiger partial charge in [-0.2, -0.15) is 0 Å². The fourth-order valence-corrected chi connectivity index (χ4v) is 3.30. The largest absolute Gasteiger partial charge is 0.338 e.